The van der Waals surface area contributed by atoms with E-state index in [-0.39, 0.29) is 23.7 Å². The summed E-state index contributed by atoms with van der Waals surface area (Å²) in [5.41, 5.74) is 1.12. The molecule has 0 aliphatic heterocycles. The summed E-state index contributed by atoms with van der Waals surface area (Å²) in [4.78, 5) is 14.9. The molecule has 150 valence electrons. The fourth-order valence-electron chi connectivity index (χ4n) is 3.49. The minimum absolute atomic E-state index is 0.105. The third-order valence-electron chi connectivity index (χ3n) is 5.35. The Kier molecular flexibility index (Phi) is 5.64. The SMILES string of the molecule is O=C(c1cn(Cc2c(F)cccc2F)nn1)N(Cc1ccccc1)CC1CCC1. The van der Waals surface area contributed by atoms with Crippen molar-refractivity contribution in [3.63, 3.8) is 0 Å². The maximum Gasteiger partial charge on any atom is 0.276 e. The molecule has 5 nitrogen and oxygen atoms in total. The second-order valence-corrected chi connectivity index (χ2v) is 7.47. The first-order valence-electron chi connectivity index (χ1n) is 9.76. The van der Waals surface area contributed by atoms with E-state index in [4.69, 9.17) is 0 Å². The van der Waals surface area contributed by atoms with Gasteiger partial charge in [0.25, 0.3) is 5.91 Å². The molecule has 1 aromatic heterocycles. The van der Waals surface area contributed by atoms with E-state index in [1.54, 1.807) is 4.90 Å². The van der Waals surface area contributed by atoms with Gasteiger partial charge in [-0.15, -0.1) is 5.10 Å². The Morgan fingerprint density at radius 3 is 2.45 bits per heavy atom. The van der Waals surface area contributed by atoms with E-state index in [1.807, 2.05) is 30.3 Å². The molecule has 0 radical (unpaired) electrons. The van der Waals surface area contributed by atoms with Crippen LogP contribution in [0.25, 0.3) is 0 Å². The quantitative estimate of drug-likeness (QED) is 0.606. The Morgan fingerprint density at radius 1 is 1.07 bits per heavy atom. The van der Waals surface area contributed by atoms with E-state index in [0.29, 0.717) is 19.0 Å². The van der Waals surface area contributed by atoms with Gasteiger partial charge in [-0.3, -0.25) is 4.79 Å². The predicted molar refractivity (Wildman–Crippen MR) is 104 cm³/mol. The predicted octanol–water partition coefficient (Wildman–Crippen LogP) is 4.05. The smallest absolute Gasteiger partial charge is 0.276 e. The van der Waals surface area contributed by atoms with Crippen LogP contribution in [0.1, 0.15) is 40.9 Å². The van der Waals surface area contributed by atoms with Gasteiger partial charge in [0.1, 0.15) is 11.6 Å². The van der Waals surface area contributed by atoms with Crippen LogP contribution in [0, 0.1) is 17.6 Å². The second-order valence-electron chi connectivity index (χ2n) is 7.47. The molecule has 1 aliphatic rings. The molecule has 29 heavy (non-hydrogen) atoms. The first-order valence-corrected chi connectivity index (χ1v) is 9.76. The lowest BCUT2D eigenvalue weighted by atomic mass is 9.85. The normalized spacial score (nSPS) is 13.9. The fraction of sp³-hybridized carbons (Fsp3) is 0.318. The Morgan fingerprint density at radius 2 is 1.79 bits per heavy atom. The molecule has 0 atom stereocenters. The number of hydrogen-bond donors (Lipinski definition) is 0. The van der Waals surface area contributed by atoms with Gasteiger partial charge < -0.3 is 4.90 Å². The molecule has 7 heteroatoms. The number of carbonyl (C=O) groups excluding carboxylic acids is 1. The number of rotatable bonds is 7. The number of hydrogen-bond acceptors (Lipinski definition) is 3. The number of amides is 1. The summed E-state index contributed by atoms with van der Waals surface area (Å²) in [5.74, 6) is -1.01. The zero-order chi connectivity index (χ0) is 20.2. The van der Waals surface area contributed by atoms with Crippen molar-refractivity contribution in [3.05, 3.63) is 83.2 Å². The van der Waals surface area contributed by atoms with Gasteiger partial charge in [0.2, 0.25) is 0 Å². The monoisotopic (exact) mass is 396 g/mol. The summed E-state index contributed by atoms with van der Waals surface area (Å²) in [6.07, 6.45) is 4.89. The molecular weight excluding hydrogens is 374 g/mol. The van der Waals surface area contributed by atoms with Crippen LogP contribution in [0.15, 0.2) is 54.7 Å². The van der Waals surface area contributed by atoms with Gasteiger partial charge in [-0.05, 0) is 36.5 Å². The molecule has 3 aromatic rings. The highest BCUT2D eigenvalue weighted by atomic mass is 19.1. The van der Waals surface area contributed by atoms with Crippen LogP contribution in [0.3, 0.4) is 0 Å². The van der Waals surface area contributed by atoms with Gasteiger partial charge in [-0.1, -0.05) is 48.0 Å². The zero-order valence-corrected chi connectivity index (χ0v) is 16.0. The summed E-state index contributed by atoms with van der Waals surface area (Å²) in [6.45, 7) is 1.04. The van der Waals surface area contributed by atoms with E-state index in [9.17, 15) is 13.6 Å². The average Bonchev–Trinajstić information content (AvgIpc) is 3.15. The minimum Gasteiger partial charge on any atom is -0.333 e. The first kappa shape index (κ1) is 19.2. The van der Waals surface area contributed by atoms with Crippen LogP contribution in [-0.4, -0.2) is 32.3 Å². The van der Waals surface area contributed by atoms with Gasteiger partial charge in [0, 0.05) is 18.7 Å². The van der Waals surface area contributed by atoms with E-state index >= 15 is 0 Å². The molecule has 2 aromatic carbocycles. The zero-order valence-electron chi connectivity index (χ0n) is 16.0. The lowest BCUT2D eigenvalue weighted by Crippen LogP contribution is -2.37. The van der Waals surface area contributed by atoms with Gasteiger partial charge >= 0.3 is 0 Å². The Bertz CT molecular complexity index is 965. The third kappa shape index (κ3) is 4.50. The lowest BCUT2D eigenvalue weighted by Gasteiger charge is -2.32. The van der Waals surface area contributed by atoms with Gasteiger partial charge in [0.15, 0.2) is 5.69 Å². The third-order valence-corrected chi connectivity index (χ3v) is 5.35. The average molecular weight is 396 g/mol. The number of carbonyl (C=O) groups is 1. The number of benzene rings is 2. The molecule has 0 unspecified atom stereocenters. The van der Waals surface area contributed by atoms with E-state index in [0.717, 1.165) is 18.4 Å². The van der Waals surface area contributed by atoms with E-state index in [1.165, 1.54) is 35.5 Å². The van der Waals surface area contributed by atoms with Crippen molar-refractivity contribution in [3.8, 4) is 0 Å². The molecule has 1 fully saturated rings. The van der Waals surface area contributed by atoms with Crippen molar-refractivity contribution in [1.82, 2.24) is 19.9 Å². The van der Waals surface area contributed by atoms with Crippen LogP contribution >= 0.6 is 0 Å². The Balaban J connectivity index is 1.51. The number of aromatic nitrogens is 3. The summed E-state index contributed by atoms with van der Waals surface area (Å²) in [5, 5.41) is 7.87. The maximum atomic E-state index is 13.9. The minimum atomic E-state index is -0.649. The topological polar surface area (TPSA) is 51.0 Å². The van der Waals surface area contributed by atoms with Crippen molar-refractivity contribution < 1.29 is 13.6 Å². The Labute approximate surface area is 168 Å². The van der Waals surface area contributed by atoms with Crippen LogP contribution in [0.5, 0.6) is 0 Å². The number of halogens is 2. The Hall–Kier alpha value is -3.09. The maximum absolute atomic E-state index is 13.9. The lowest BCUT2D eigenvalue weighted by molar-refractivity contribution is 0.0673. The molecular formula is C22H22F2N4O. The highest BCUT2D eigenvalue weighted by molar-refractivity contribution is 5.91. The molecule has 1 heterocycles. The van der Waals surface area contributed by atoms with Crippen LogP contribution in [0.2, 0.25) is 0 Å². The van der Waals surface area contributed by atoms with Crippen LogP contribution in [-0.2, 0) is 13.1 Å². The van der Waals surface area contributed by atoms with Crippen LogP contribution < -0.4 is 0 Å². The molecule has 1 saturated carbocycles. The summed E-state index contributed by atoms with van der Waals surface area (Å²) >= 11 is 0. The van der Waals surface area contributed by atoms with Crippen molar-refractivity contribution in [2.24, 2.45) is 5.92 Å². The summed E-state index contributed by atoms with van der Waals surface area (Å²) < 4.78 is 29.1. The molecule has 0 bridgehead atoms. The van der Waals surface area contributed by atoms with Crippen LogP contribution in [0.4, 0.5) is 8.78 Å². The fourth-order valence-corrected chi connectivity index (χ4v) is 3.49. The largest absolute Gasteiger partial charge is 0.333 e. The molecule has 0 saturated heterocycles. The van der Waals surface area contributed by atoms with E-state index in [2.05, 4.69) is 10.3 Å². The second kappa shape index (κ2) is 8.51. The highest BCUT2D eigenvalue weighted by Gasteiger charge is 2.26. The first-order chi connectivity index (χ1) is 14.1. The molecule has 1 aliphatic carbocycles. The highest BCUT2D eigenvalue weighted by Crippen LogP contribution is 2.28. The van der Waals surface area contributed by atoms with Gasteiger partial charge in [-0.2, -0.15) is 0 Å². The van der Waals surface area contributed by atoms with Crippen molar-refractivity contribution >= 4 is 5.91 Å². The molecule has 0 N–H and O–H groups in total. The summed E-state index contributed by atoms with van der Waals surface area (Å²) in [6, 6.07) is 13.5. The molecule has 1 amide bonds. The van der Waals surface area contributed by atoms with Gasteiger partial charge in [0.05, 0.1) is 12.7 Å². The number of nitrogens with zero attached hydrogens (tertiary/aromatic N) is 4. The van der Waals surface area contributed by atoms with Crippen molar-refractivity contribution in [1.29, 1.82) is 0 Å². The summed E-state index contributed by atoms with van der Waals surface area (Å²) in [7, 11) is 0. The van der Waals surface area contributed by atoms with Crippen molar-refractivity contribution in [2.75, 3.05) is 6.54 Å². The molecule has 0 spiro atoms. The van der Waals surface area contributed by atoms with E-state index < -0.39 is 11.6 Å². The standard InChI is InChI=1S/C22H22F2N4O/c23-19-10-5-11-20(24)18(19)14-28-15-21(25-26-28)22(29)27(13-17-8-4-9-17)12-16-6-2-1-3-7-16/h1-3,5-7,10-11,15,17H,4,8-9,12-14H2. The molecule has 4 rings (SSSR count). The van der Waals surface area contributed by atoms with Crippen molar-refractivity contribution in [2.45, 2.75) is 32.4 Å². The van der Waals surface area contributed by atoms with Gasteiger partial charge in [-0.25, -0.2) is 13.5 Å².